The maximum Gasteiger partial charge on any atom is 0.0987 e. The fourth-order valence-corrected chi connectivity index (χ4v) is 0.864. The van der Waals surface area contributed by atoms with Crippen LogP contribution in [0.15, 0.2) is 0 Å². The number of hydrogen-bond acceptors (Lipinski definition) is 4. The van der Waals surface area contributed by atoms with Gasteiger partial charge in [0, 0.05) is 34.4 Å². The second-order valence-electron chi connectivity index (χ2n) is 2.52. The van der Waals surface area contributed by atoms with Crippen molar-refractivity contribution < 1.29 is 14.2 Å². The predicted molar refractivity (Wildman–Crippen MR) is 47.2 cm³/mol. The summed E-state index contributed by atoms with van der Waals surface area (Å²) < 4.78 is 14.9. The smallest absolute Gasteiger partial charge is 0.0987 e. The molecule has 0 rings (SSSR count). The summed E-state index contributed by atoms with van der Waals surface area (Å²) in [5.74, 6) is 0. The number of rotatable bonds is 8. The van der Waals surface area contributed by atoms with Gasteiger partial charge in [0.2, 0.25) is 0 Å². The third-order valence-corrected chi connectivity index (χ3v) is 1.53. The molecule has 12 heavy (non-hydrogen) atoms. The minimum atomic E-state index is 0.632. The third kappa shape index (κ3) is 6.54. The van der Waals surface area contributed by atoms with Crippen molar-refractivity contribution in [2.75, 3.05) is 54.4 Å². The molecule has 0 unspecified atom stereocenters. The van der Waals surface area contributed by atoms with Crippen molar-refractivity contribution in [3.63, 3.8) is 0 Å². The molecule has 0 aliphatic rings. The van der Waals surface area contributed by atoms with Gasteiger partial charge in [-0.05, 0) is 0 Å². The molecule has 4 nitrogen and oxygen atoms in total. The molecule has 0 saturated carbocycles. The van der Waals surface area contributed by atoms with Gasteiger partial charge in [-0.1, -0.05) is 0 Å². The molecule has 0 saturated heterocycles. The lowest BCUT2D eigenvalue weighted by Gasteiger charge is -2.19. The fourth-order valence-electron chi connectivity index (χ4n) is 0.864. The Morgan fingerprint density at radius 1 is 0.833 bits per heavy atom. The number of nitrogens with zero attached hydrogens (tertiary/aromatic N) is 1. The molecule has 0 aromatic heterocycles. The van der Waals surface area contributed by atoms with Gasteiger partial charge in [0.05, 0.1) is 19.9 Å². The maximum absolute atomic E-state index is 5.01. The van der Waals surface area contributed by atoms with Crippen molar-refractivity contribution >= 4 is 0 Å². The first-order chi connectivity index (χ1) is 5.85. The Bertz CT molecular complexity index is 82.4. The van der Waals surface area contributed by atoms with Crippen LogP contribution in [0.25, 0.3) is 0 Å². The maximum atomic E-state index is 5.01. The average Bonchev–Trinajstić information content (AvgIpc) is 2.10. The summed E-state index contributed by atoms with van der Waals surface area (Å²) in [6, 6.07) is 0. The normalized spacial score (nSPS) is 11.0. The van der Waals surface area contributed by atoms with Crippen molar-refractivity contribution in [1.82, 2.24) is 4.90 Å². The highest BCUT2D eigenvalue weighted by Gasteiger charge is 2.02. The van der Waals surface area contributed by atoms with E-state index in [1.165, 1.54) is 0 Å². The highest BCUT2D eigenvalue weighted by molar-refractivity contribution is 4.50. The van der Waals surface area contributed by atoms with Crippen LogP contribution in [0.3, 0.4) is 0 Å². The van der Waals surface area contributed by atoms with Gasteiger partial charge in [0.1, 0.15) is 0 Å². The molecular weight excluding hydrogens is 158 g/mol. The van der Waals surface area contributed by atoms with E-state index in [0.29, 0.717) is 6.73 Å². The van der Waals surface area contributed by atoms with E-state index in [9.17, 15) is 0 Å². The van der Waals surface area contributed by atoms with Crippen LogP contribution in [-0.4, -0.2) is 59.3 Å². The molecular formula is C8H19NO3. The van der Waals surface area contributed by atoms with Crippen LogP contribution < -0.4 is 0 Å². The highest BCUT2D eigenvalue weighted by atomic mass is 16.5. The zero-order chi connectivity index (χ0) is 9.23. The molecule has 0 amide bonds. The van der Waals surface area contributed by atoms with Crippen LogP contribution in [0.5, 0.6) is 0 Å². The second kappa shape index (κ2) is 8.93. The zero-order valence-electron chi connectivity index (χ0n) is 8.21. The minimum Gasteiger partial charge on any atom is -0.383 e. The SMILES string of the molecule is COCCN(CCOC)COC. The van der Waals surface area contributed by atoms with E-state index in [4.69, 9.17) is 14.2 Å². The number of hydrogen-bond donors (Lipinski definition) is 0. The van der Waals surface area contributed by atoms with Crippen LogP contribution in [0.1, 0.15) is 0 Å². The summed E-state index contributed by atoms with van der Waals surface area (Å²) in [5, 5.41) is 0. The molecule has 0 radical (unpaired) electrons. The van der Waals surface area contributed by atoms with Gasteiger partial charge in [0.25, 0.3) is 0 Å². The summed E-state index contributed by atoms with van der Waals surface area (Å²) in [6.45, 7) is 3.86. The summed E-state index contributed by atoms with van der Waals surface area (Å²) in [5.41, 5.74) is 0. The first kappa shape index (κ1) is 11.8. The van der Waals surface area contributed by atoms with Gasteiger partial charge in [-0.3, -0.25) is 4.90 Å². The Balaban J connectivity index is 3.40. The summed E-state index contributed by atoms with van der Waals surface area (Å²) >= 11 is 0. The van der Waals surface area contributed by atoms with Crippen LogP contribution in [0, 0.1) is 0 Å². The molecule has 0 fully saturated rings. The lowest BCUT2D eigenvalue weighted by atomic mass is 10.5. The van der Waals surface area contributed by atoms with Crippen molar-refractivity contribution in [2.45, 2.75) is 0 Å². The fraction of sp³-hybridized carbons (Fsp3) is 1.00. The zero-order valence-corrected chi connectivity index (χ0v) is 8.21. The minimum absolute atomic E-state index is 0.632. The summed E-state index contributed by atoms with van der Waals surface area (Å²) in [6.07, 6.45) is 0. The van der Waals surface area contributed by atoms with Gasteiger partial charge >= 0.3 is 0 Å². The third-order valence-electron chi connectivity index (χ3n) is 1.53. The number of ether oxygens (including phenoxy) is 3. The Labute approximate surface area is 74.4 Å². The molecule has 0 atom stereocenters. The van der Waals surface area contributed by atoms with E-state index < -0.39 is 0 Å². The average molecular weight is 177 g/mol. The predicted octanol–water partition coefficient (Wildman–Crippen LogP) is 0.185. The standard InChI is InChI=1S/C8H19NO3/c1-10-6-4-9(8-12-3)5-7-11-2/h4-8H2,1-3H3. The van der Waals surface area contributed by atoms with E-state index in [2.05, 4.69) is 4.90 Å². The highest BCUT2D eigenvalue weighted by Crippen LogP contribution is 1.88. The molecule has 0 aliphatic heterocycles. The summed E-state index contributed by atoms with van der Waals surface area (Å²) in [7, 11) is 5.08. The van der Waals surface area contributed by atoms with Crippen LogP contribution >= 0.6 is 0 Å². The monoisotopic (exact) mass is 177 g/mol. The first-order valence-corrected chi connectivity index (χ1v) is 4.04. The molecule has 4 heteroatoms. The van der Waals surface area contributed by atoms with Crippen molar-refractivity contribution in [3.05, 3.63) is 0 Å². The Morgan fingerprint density at radius 3 is 1.67 bits per heavy atom. The summed E-state index contributed by atoms with van der Waals surface area (Å²) in [4.78, 5) is 2.13. The van der Waals surface area contributed by atoms with Crippen molar-refractivity contribution in [1.29, 1.82) is 0 Å². The lowest BCUT2D eigenvalue weighted by molar-refractivity contribution is 0.0282. The number of methoxy groups -OCH3 is 3. The molecule has 0 heterocycles. The Morgan fingerprint density at radius 2 is 1.33 bits per heavy atom. The first-order valence-electron chi connectivity index (χ1n) is 4.04. The van der Waals surface area contributed by atoms with Crippen LogP contribution in [0.2, 0.25) is 0 Å². The molecule has 74 valence electrons. The topological polar surface area (TPSA) is 30.9 Å². The van der Waals surface area contributed by atoms with Gasteiger partial charge < -0.3 is 14.2 Å². The quantitative estimate of drug-likeness (QED) is 0.495. The molecule has 0 bridgehead atoms. The lowest BCUT2D eigenvalue weighted by Crippen LogP contribution is -2.32. The second-order valence-corrected chi connectivity index (χ2v) is 2.52. The molecule has 0 N–H and O–H groups in total. The molecule has 0 aliphatic carbocycles. The van der Waals surface area contributed by atoms with E-state index >= 15 is 0 Å². The van der Waals surface area contributed by atoms with Gasteiger partial charge in [-0.2, -0.15) is 0 Å². The van der Waals surface area contributed by atoms with Crippen LogP contribution in [0.4, 0.5) is 0 Å². The van der Waals surface area contributed by atoms with Crippen molar-refractivity contribution in [3.8, 4) is 0 Å². The molecule has 0 aromatic rings. The van der Waals surface area contributed by atoms with E-state index in [0.717, 1.165) is 26.3 Å². The Kier molecular flexibility index (Phi) is 8.81. The molecule has 0 spiro atoms. The largest absolute Gasteiger partial charge is 0.383 e. The van der Waals surface area contributed by atoms with Gasteiger partial charge in [-0.15, -0.1) is 0 Å². The van der Waals surface area contributed by atoms with Gasteiger partial charge in [-0.25, -0.2) is 0 Å². The van der Waals surface area contributed by atoms with Crippen LogP contribution in [-0.2, 0) is 14.2 Å². The van der Waals surface area contributed by atoms with Gasteiger partial charge in [0.15, 0.2) is 0 Å². The van der Waals surface area contributed by atoms with Crippen molar-refractivity contribution in [2.24, 2.45) is 0 Å². The molecule has 0 aromatic carbocycles. The Hall–Kier alpha value is -0.160. The van der Waals surface area contributed by atoms with E-state index in [1.54, 1.807) is 21.3 Å². The van der Waals surface area contributed by atoms with E-state index in [1.807, 2.05) is 0 Å². The van der Waals surface area contributed by atoms with E-state index in [-0.39, 0.29) is 0 Å².